The molecule has 4 rings (SSSR count). The van der Waals surface area contributed by atoms with Gasteiger partial charge in [-0.05, 0) is 31.2 Å². The normalized spacial score (nSPS) is 11.0. The van der Waals surface area contributed by atoms with E-state index in [2.05, 4.69) is 20.3 Å². The average Bonchev–Trinajstić information content (AvgIpc) is 3.28. The molecule has 0 amide bonds. The van der Waals surface area contributed by atoms with Crippen LogP contribution < -0.4 is 0 Å². The largest absolute Gasteiger partial charge is 0.459 e. The van der Waals surface area contributed by atoms with Crippen molar-refractivity contribution in [1.29, 1.82) is 0 Å². The van der Waals surface area contributed by atoms with Crippen molar-refractivity contribution in [2.24, 2.45) is 0 Å². The third kappa shape index (κ3) is 2.18. The van der Waals surface area contributed by atoms with Gasteiger partial charge in [0.25, 0.3) is 11.8 Å². The van der Waals surface area contributed by atoms with Crippen molar-refractivity contribution in [3.05, 3.63) is 48.5 Å². The minimum Gasteiger partial charge on any atom is -0.459 e. The Balaban J connectivity index is 1.63. The molecule has 108 valence electrons. The summed E-state index contributed by atoms with van der Waals surface area (Å²) in [5.41, 5.74) is 1.65. The van der Waals surface area contributed by atoms with E-state index in [9.17, 15) is 0 Å². The highest BCUT2D eigenvalue weighted by Crippen LogP contribution is 2.24. The van der Waals surface area contributed by atoms with Gasteiger partial charge in [-0.3, -0.25) is 0 Å². The monoisotopic (exact) mass is 294 g/mol. The Morgan fingerprint density at radius 3 is 2.27 bits per heavy atom. The first-order chi connectivity index (χ1) is 10.8. The van der Waals surface area contributed by atoms with Gasteiger partial charge in [-0.1, -0.05) is 22.4 Å². The summed E-state index contributed by atoms with van der Waals surface area (Å²) in [7, 11) is 0. The second-order valence-electron chi connectivity index (χ2n) is 4.62. The van der Waals surface area contributed by atoms with E-state index in [-0.39, 0.29) is 0 Å². The maximum Gasteiger partial charge on any atom is 0.293 e. The zero-order valence-electron chi connectivity index (χ0n) is 11.6. The molecule has 0 fully saturated rings. The third-order valence-electron chi connectivity index (χ3n) is 3.08. The Morgan fingerprint density at radius 1 is 0.818 bits per heavy atom. The summed E-state index contributed by atoms with van der Waals surface area (Å²) in [6.07, 6.45) is 1.56. The van der Waals surface area contributed by atoms with E-state index >= 15 is 0 Å². The summed E-state index contributed by atoms with van der Waals surface area (Å²) in [6.45, 7) is 1.77. The fraction of sp³-hybridized carbons (Fsp3) is 0.0667. The van der Waals surface area contributed by atoms with Crippen LogP contribution in [0.2, 0.25) is 0 Å². The van der Waals surface area contributed by atoms with Crippen molar-refractivity contribution < 1.29 is 13.5 Å². The Kier molecular flexibility index (Phi) is 2.82. The van der Waals surface area contributed by atoms with Gasteiger partial charge in [-0.15, -0.1) is 0 Å². The standard InChI is InChI=1S/C15H10N4O3/c1-9-16-14(21-18-9)11-6-4-10(5-7-11)13-17-15(22-19-13)12-3-2-8-20-12/h2-8H,1H3. The van der Waals surface area contributed by atoms with Crippen LogP contribution in [0.4, 0.5) is 0 Å². The second-order valence-corrected chi connectivity index (χ2v) is 4.62. The molecule has 0 unspecified atom stereocenters. The summed E-state index contributed by atoms with van der Waals surface area (Å²) in [6, 6.07) is 11.0. The van der Waals surface area contributed by atoms with E-state index in [1.54, 1.807) is 25.3 Å². The van der Waals surface area contributed by atoms with E-state index in [0.717, 1.165) is 11.1 Å². The lowest BCUT2D eigenvalue weighted by Gasteiger charge is -1.96. The van der Waals surface area contributed by atoms with Gasteiger partial charge < -0.3 is 13.5 Å². The van der Waals surface area contributed by atoms with Gasteiger partial charge in [0, 0.05) is 11.1 Å². The molecule has 3 aromatic heterocycles. The minimum absolute atomic E-state index is 0.344. The molecule has 0 aliphatic carbocycles. The van der Waals surface area contributed by atoms with Crippen molar-refractivity contribution in [2.45, 2.75) is 6.92 Å². The topological polar surface area (TPSA) is 91.0 Å². The molecule has 1 aromatic carbocycles. The van der Waals surface area contributed by atoms with E-state index < -0.39 is 0 Å². The van der Waals surface area contributed by atoms with E-state index in [4.69, 9.17) is 13.5 Å². The lowest BCUT2D eigenvalue weighted by Crippen LogP contribution is -1.83. The van der Waals surface area contributed by atoms with Crippen molar-refractivity contribution >= 4 is 0 Å². The van der Waals surface area contributed by atoms with Gasteiger partial charge in [0.2, 0.25) is 5.82 Å². The molecule has 0 N–H and O–H groups in total. The van der Waals surface area contributed by atoms with Gasteiger partial charge in [-0.25, -0.2) is 0 Å². The molecular weight excluding hydrogens is 284 g/mol. The van der Waals surface area contributed by atoms with Crippen LogP contribution in [0.15, 0.2) is 56.1 Å². The first kappa shape index (κ1) is 12.5. The number of rotatable bonds is 3. The maximum absolute atomic E-state index is 5.22. The van der Waals surface area contributed by atoms with E-state index in [1.165, 1.54) is 0 Å². The number of aromatic nitrogens is 4. The van der Waals surface area contributed by atoms with Gasteiger partial charge in [0.1, 0.15) is 0 Å². The van der Waals surface area contributed by atoms with Crippen molar-refractivity contribution in [3.63, 3.8) is 0 Å². The van der Waals surface area contributed by atoms with Gasteiger partial charge in [-0.2, -0.15) is 9.97 Å². The Labute approximate surface area is 124 Å². The lowest BCUT2D eigenvalue weighted by molar-refractivity contribution is 0.417. The maximum atomic E-state index is 5.22. The minimum atomic E-state index is 0.344. The van der Waals surface area contributed by atoms with Crippen molar-refractivity contribution in [2.75, 3.05) is 0 Å². The SMILES string of the molecule is Cc1noc(-c2ccc(-c3noc(-c4ccco4)n3)cc2)n1. The van der Waals surface area contributed by atoms with Crippen molar-refractivity contribution in [3.8, 4) is 34.5 Å². The Morgan fingerprint density at radius 2 is 1.59 bits per heavy atom. The highest BCUT2D eigenvalue weighted by Gasteiger charge is 2.13. The molecule has 0 spiro atoms. The average molecular weight is 294 g/mol. The predicted molar refractivity (Wildman–Crippen MR) is 75.5 cm³/mol. The smallest absolute Gasteiger partial charge is 0.293 e. The van der Waals surface area contributed by atoms with Crippen LogP contribution in [-0.4, -0.2) is 20.3 Å². The lowest BCUT2D eigenvalue weighted by atomic mass is 10.1. The predicted octanol–water partition coefficient (Wildman–Crippen LogP) is 3.36. The number of benzene rings is 1. The number of furan rings is 1. The zero-order valence-corrected chi connectivity index (χ0v) is 11.6. The molecule has 7 heteroatoms. The summed E-state index contributed by atoms with van der Waals surface area (Å²) in [5, 5.41) is 7.72. The number of hydrogen-bond acceptors (Lipinski definition) is 7. The summed E-state index contributed by atoms with van der Waals surface area (Å²) < 4.78 is 15.5. The number of hydrogen-bond donors (Lipinski definition) is 0. The highest BCUT2D eigenvalue weighted by molar-refractivity contribution is 5.63. The van der Waals surface area contributed by atoms with E-state index in [0.29, 0.717) is 29.2 Å². The first-order valence-electron chi connectivity index (χ1n) is 6.58. The molecule has 3 heterocycles. The molecule has 0 saturated carbocycles. The van der Waals surface area contributed by atoms with Crippen LogP contribution in [0, 0.1) is 6.92 Å². The van der Waals surface area contributed by atoms with Crippen LogP contribution in [0.3, 0.4) is 0 Å². The van der Waals surface area contributed by atoms with Crippen LogP contribution in [0.1, 0.15) is 5.82 Å². The molecule has 0 bridgehead atoms. The number of nitrogens with zero attached hydrogens (tertiary/aromatic N) is 4. The summed E-state index contributed by atoms with van der Waals surface area (Å²) in [4.78, 5) is 8.49. The quantitative estimate of drug-likeness (QED) is 0.572. The Bertz CT molecular complexity index is 891. The molecule has 7 nitrogen and oxygen atoms in total. The third-order valence-corrected chi connectivity index (χ3v) is 3.08. The summed E-state index contributed by atoms with van der Waals surface area (Å²) >= 11 is 0. The fourth-order valence-corrected chi connectivity index (χ4v) is 2.02. The van der Waals surface area contributed by atoms with Gasteiger partial charge >= 0.3 is 0 Å². The first-order valence-corrected chi connectivity index (χ1v) is 6.58. The molecule has 0 saturated heterocycles. The van der Waals surface area contributed by atoms with Crippen LogP contribution in [0.25, 0.3) is 34.5 Å². The van der Waals surface area contributed by atoms with Crippen LogP contribution in [-0.2, 0) is 0 Å². The van der Waals surface area contributed by atoms with Crippen LogP contribution >= 0.6 is 0 Å². The van der Waals surface area contributed by atoms with Gasteiger partial charge in [0.15, 0.2) is 11.6 Å². The molecule has 0 radical (unpaired) electrons. The molecular formula is C15H10N4O3. The van der Waals surface area contributed by atoms with Gasteiger partial charge in [0.05, 0.1) is 6.26 Å². The zero-order chi connectivity index (χ0) is 14.9. The molecule has 0 aliphatic heterocycles. The fourth-order valence-electron chi connectivity index (χ4n) is 2.02. The molecule has 0 atom stereocenters. The highest BCUT2D eigenvalue weighted by atomic mass is 16.5. The Hall–Kier alpha value is -3.22. The number of aryl methyl sites for hydroxylation is 1. The van der Waals surface area contributed by atoms with E-state index in [1.807, 2.05) is 24.3 Å². The van der Waals surface area contributed by atoms with Crippen molar-refractivity contribution in [1.82, 2.24) is 20.3 Å². The summed E-state index contributed by atoms with van der Waals surface area (Å²) in [5.74, 6) is 2.45. The molecule has 0 aliphatic rings. The molecule has 4 aromatic rings. The van der Waals surface area contributed by atoms with Crippen LogP contribution in [0.5, 0.6) is 0 Å². The second kappa shape index (κ2) is 4.96. The molecule has 22 heavy (non-hydrogen) atoms.